The van der Waals surface area contributed by atoms with Gasteiger partial charge in [0.15, 0.2) is 0 Å². The number of aryl methyl sites for hydroxylation is 2. The molecule has 0 spiro atoms. The Labute approximate surface area is 127 Å². The first-order chi connectivity index (χ1) is 9.97. The second-order valence-corrected chi connectivity index (χ2v) is 5.57. The van der Waals surface area contributed by atoms with Gasteiger partial charge in [0, 0.05) is 19.0 Å². The van der Waals surface area contributed by atoms with Gasteiger partial charge in [0.05, 0.1) is 4.92 Å². The predicted octanol–water partition coefficient (Wildman–Crippen LogP) is 3.16. The van der Waals surface area contributed by atoms with E-state index in [1.165, 1.54) is 0 Å². The number of rotatable bonds is 9. The second kappa shape index (κ2) is 8.12. The van der Waals surface area contributed by atoms with Crippen LogP contribution in [0.25, 0.3) is 0 Å². The van der Waals surface area contributed by atoms with E-state index < -0.39 is 0 Å². The molecule has 1 rings (SSSR count). The Kier molecular flexibility index (Phi) is 6.81. The molecule has 0 bridgehead atoms. The number of aromatic nitrogens is 2. The van der Waals surface area contributed by atoms with E-state index in [-0.39, 0.29) is 22.6 Å². The predicted molar refractivity (Wildman–Crippen MR) is 84.6 cm³/mol. The lowest BCUT2D eigenvalue weighted by Crippen LogP contribution is -2.34. The molecular weight excluding hydrogens is 268 g/mol. The molecule has 0 fully saturated rings. The van der Waals surface area contributed by atoms with Crippen molar-refractivity contribution in [1.29, 1.82) is 0 Å². The zero-order valence-electron chi connectivity index (χ0n) is 13.8. The summed E-state index contributed by atoms with van der Waals surface area (Å²) in [6.07, 6.45) is 3.50. The SMILES string of the molecule is CCCNC(CC)C(C)c1c([N+](=O)[O-])c(CCC)nn1C. The minimum Gasteiger partial charge on any atom is -0.313 e. The Hall–Kier alpha value is -1.43. The third-order valence-corrected chi connectivity index (χ3v) is 3.94. The molecule has 1 aromatic heterocycles. The Morgan fingerprint density at radius 1 is 1.33 bits per heavy atom. The van der Waals surface area contributed by atoms with E-state index in [1.807, 2.05) is 14.0 Å². The first-order valence-electron chi connectivity index (χ1n) is 7.91. The Balaban J connectivity index is 3.17. The van der Waals surface area contributed by atoms with Gasteiger partial charge in [-0.15, -0.1) is 0 Å². The van der Waals surface area contributed by atoms with Crippen LogP contribution in [0.4, 0.5) is 5.69 Å². The fourth-order valence-electron chi connectivity index (χ4n) is 2.89. The van der Waals surface area contributed by atoms with E-state index in [2.05, 4.69) is 31.2 Å². The van der Waals surface area contributed by atoms with Crippen molar-refractivity contribution in [2.45, 2.75) is 65.3 Å². The highest BCUT2D eigenvalue weighted by molar-refractivity contribution is 5.44. The fourth-order valence-corrected chi connectivity index (χ4v) is 2.89. The van der Waals surface area contributed by atoms with Crippen LogP contribution in [0.15, 0.2) is 0 Å². The van der Waals surface area contributed by atoms with E-state index in [9.17, 15) is 10.1 Å². The molecule has 6 nitrogen and oxygen atoms in total. The number of nitro groups is 1. The van der Waals surface area contributed by atoms with Gasteiger partial charge < -0.3 is 5.32 Å². The topological polar surface area (TPSA) is 73.0 Å². The maximum atomic E-state index is 11.5. The van der Waals surface area contributed by atoms with Crippen molar-refractivity contribution in [1.82, 2.24) is 15.1 Å². The summed E-state index contributed by atoms with van der Waals surface area (Å²) in [5, 5.41) is 19.4. The average molecular weight is 296 g/mol. The molecule has 0 saturated carbocycles. The zero-order chi connectivity index (χ0) is 16.0. The van der Waals surface area contributed by atoms with Crippen molar-refractivity contribution in [3.63, 3.8) is 0 Å². The van der Waals surface area contributed by atoms with Crippen molar-refractivity contribution < 1.29 is 4.92 Å². The summed E-state index contributed by atoms with van der Waals surface area (Å²) in [7, 11) is 1.81. The van der Waals surface area contributed by atoms with E-state index in [1.54, 1.807) is 4.68 Å². The average Bonchev–Trinajstić information content (AvgIpc) is 2.76. The van der Waals surface area contributed by atoms with Gasteiger partial charge in [-0.3, -0.25) is 14.8 Å². The van der Waals surface area contributed by atoms with E-state index in [4.69, 9.17) is 0 Å². The first-order valence-corrected chi connectivity index (χ1v) is 7.91. The minimum absolute atomic E-state index is 0.0602. The maximum absolute atomic E-state index is 11.5. The van der Waals surface area contributed by atoms with Crippen LogP contribution in [-0.4, -0.2) is 27.3 Å². The van der Waals surface area contributed by atoms with Gasteiger partial charge in [-0.2, -0.15) is 5.10 Å². The lowest BCUT2D eigenvalue weighted by Gasteiger charge is -2.23. The van der Waals surface area contributed by atoms with Gasteiger partial charge in [0.25, 0.3) is 0 Å². The molecule has 0 aromatic carbocycles. The molecule has 0 radical (unpaired) electrons. The third-order valence-electron chi connectivity index (χ3n) is 3.94. The summed E-state index contributed by atoms with van der Waals surface area (Å²) in [5.74, 6) is 0.0602. The largest absolute Gasteiger partial charge is 0.313 e. The highest BCUT2D eigenvalue weighted by Gasteiger charge is 2.32. The highest BCUT2D eigenvalue weighted by Crippen LogP contribution is 2.32. The van der Waals surface area contributed by atoms with Gasteiger partial charge in [0.2, 0.25) is 0 Å². The number of nitrogens with zero attached hydrogens (tertiary/aromatic N) is 3. The van der Waals surface area contributed by atoms with Crippen LogP contribution >= 0.6 is 0 Å². The summed E-state index contributed by atoms with van der Waals surface area (Å²) in [6, 6.07) is 0.230. The monoisotopic (exact) mass is 296 g/mol. The molecule has 0 aliphatic rings. The van der Waals surface area contributed by atoms with Crippen molar-refractivity contribution in [3.05, 3.63) is 21.5 Å². The summed E-state index contributed by atoms with van der Waals surface area (Å²) < 4.78 is 1.70. The molecule has 6 heteroatoms. The molecule has 1 N–H and O–H groups in total. The summed E-state index contributed by atoms with van der Waals surface area (Å²) in [5.41, 5.74) is 1.56. The normalized spacial score (nSPS) is 14.1. The third kappa shape index (κ3) is 4.03. The van der Waals surface area contributed by atoms with Gasteiger partial charge in [-0.05, 0) is 25.8 Å². The molecule has 1 aromatic rings. The molecule has 2 atom stereocenters. The van der Waals surface area contributed by atoms with Crippen LogP contribution in [0.1, 0.15) is 64.3 Å². The van der Waals surface area contributed by atoms with E-state index in [0.717, 1.165) is 31.5 Å². The Morgan fingerprint density at radius 3 is 2.48 bits per heavy atom. The van der Waals surface area contributed by atoms with Crippen molar-refractivity contribution >= 4 is 5.69 Å². The van der Waals surface area contributed by atoms with Crippen molar-refractivity contribution in [2.24, 2.45) is 7.05 Å². The van der Waals surface area contributed by atoms with Gasteiger partial charge >= 0.3 is 5.69 Å². The van der Waals surface area contributed by atoms with Crippen LogP contribution in [0.5, 0.6) is 0 Å². The molecule has 1 heterocycles. The molecule has 0 aliphatic heterocycles. The van der Waals surface area contributed by atoms with Crippen molar-refractivity contribution in [3.8, 4) is 0 Å². The lowest BCUT2D eigenvalue weighted by atomic mass is 9.94. The number of hydrogen-bond donors (Lipinski definition) is 1. The van der Waals surface area contributed by atoms with E-state index >= 15 is 0 Å². The van der Waals surface area contributed by atoms with Crippen LogP contribution in [0, 0.1) is 10.1 Å². The molecule has 0 saturated heterocycles. The lowest BCUT2D eigenvalue weighted by molar-refractivity contribution is -0.386. The zero-order valence-corrected chi connectivity index (χ0v) is 13.8. The van der Waals surface area contributed by atoms with Crippen LogP contribution in [0.3, 0.4) is 0 Å². The summed E-state index contributed by atoms with van der Waals surface area (Å²) >= 11 is 0. The van der Waals surface area contributed by atoms with E-state index in [0.29, 0.717) is 12.1 Å². The Bertz CT molecular complexity index is 470. The molecule has 21 heavy (non-hydrogen) atoms. The van der Waals surface area contributed by atoms with Crippen molar-refractivity contribution in [2.75, 3.05) is 6.54 Å². The minimum atomic E-state index is -0.267. The fraction of sp³-hybridized carbons (Fsp3) is 0.800. The standard InChI is InChI=1S/C15H28N4O2/c1-6-9-13-15(19(20)21)14(18(5)17-13)11(4)12(8-3)16-10-7-2/h11-12,16H,6-10H2,1-5H3. The Morgan fingerprint density at radius 2 is 2.00 bits per heavy atom. The molecule has 0 amide bonds. The van der Waals surface area contributed by atoms with Gasteiger partial charge in [-0.25, -0.2) is 0 Å². The first kappa shape index (κ1) is 17.6. The van der Waals surface area contributed by atoms with Gasteiger partial charge in [0.1, 0.15) is 11.4 Å². The molecule has 0 aliphatic carbocycles. The molecule has 2 unspecified atom stereocenters. The quantitative estimate of drug-likeness (QED) is 0.561. The number of hydrogen-bond acceptors (Lipinski definition) is 4. The summed E-state index contributed by atoms with van der Waals surface area (Å²) in [4.78, 5) is 11.2. The van der Waals surface area contributed by atoms with Gasteiger partial charge in [-0.1, -0.05) is 34.1 Å². The van der Waals surface area contributed by atoms with Crippen LogP contribution < -0.4 is 5.32 Å². The maximum Gasteiger partial charge on any atom is 0.313 e. The van der Waals surface area contributed by atoms with Crippen LogP contribution in [-0.2, 0) is 13.5 Å². The smallest absolute Gasteiger partial charge is 0.313 e. The number of nitrogens with one attached hydrogen (secondary N) is 1. The highest BCUT2D eigenvalue weighted by atomic mass is 16.6. The summed E-state index contributed by atoms with van der Waals surface area (Å²) in [6.45, 7) is 9.22. The molecule has 120 valence electrons. The molecular formula is C15H28N4O2. The van der Waals surface area contributed by atoms with Crippen LogP contribution in [0.2, 0.25) is 0 Å². The second-order valence-electron chi connectivity index (χ2n) is 5.57.